The monoisotopic (exact) mass is 318 g/mol. The average molecular weight is 318 g/mol. The van der Waals surface area contributed by atoms with Crippen molar-refractivity contribution in [1.29, 1.82) is 0 Å². The van der Waals surface area contributed by atoms with Crippen LogP contribution in [0.5, 0.6) is 0 Å². The lowest BCUT2D eigenvalue weighted by Gasteiger charge is -2.31. The standard InChI is InChI=1S/C16H19FN4O2/c1-3-21-9-12-7-20(8-13(10-23-2)15(12)19-21)16(22)11-4-5-18-14(17)6-11/h4-6,9,13H,3,7-8,10H2,1-2H3/t13-/m1/s1. The van der Waals surface area contributed by atoms with E-state index in [2.05, 4.69) is 10.1 Å². The predicted molar refractivity (Wildman–Crippen MR) is 81.5 cm³/mol. The van der Waals surface area contributed by atoms with Crippen LogP contribution >= 0.6 is 0 Å². The number of methoxy groups -OCH3 is 1. The van der Waals surface area contributed by atoms with Gasteiger partial charge in [-0.1, -0.05) is 0 Å². The van der Waals surface area contributed by atoms with E-state index in [1.807, 2.05) is 17.8 Å². The maximum atomic E-state index is 13.3. The lowest BCUT2D eigenvalue weighted by molar-refractivity contribution is 0.0678. The molecule has 0 spiro atoms. The molecule has 0 N–H and O–H groups in total. The topological polar surface area (TPSA) is 60.2 Å². The SMILES string of the molecule is CCn1cc2c(n1)[C@@H](COC)CN(C(=O)c1ccnc(F)c1)C2. The molecule has 1 aliphatic heterocycles. The quantitative estimate of drug-likeness (QED) is 0.807. The van der Waals surface area contributed by atoms with Gasteiger partial charge in [0.25, 0.3) is 5.91 Å². The first-order valence-corrected chi connectivity index (χ1v) is 7.58. The Balaban J connectivity index is 1.88. The van der Waals surface area contributed by atoms with Crippen molar-refractivity contribution in [2.24, 2.45) is 0 Å². The highest BCUT2D eigenvalue weighted by Crippen LogP contribution is 2.28. The fourth-order valence-electron chi connectivity index (χ4n) is 2.93. The van der Waals surface area contributed by atoms with Gasteiger partial charge in [-0.3, -0.25) is 9.48 Å². The van der Waals surface area contributed by atoms with E-state index in [-0.39, 0.29) is 11.8 Å². The minimum absolute atomic E-state index is 0.0205. The van der Waals surface area contributed by atoms with Crippen molar-refractivity contribution >= 4 is 5.91 Å². The number of rotatable bonds is 4. The summed E-state index contributed by atoms with van der Waals surface area (Å²) in [5, 5.41) is 4.58. The third-order valence-corrected chi connectivity index (χ3v) is 4.01. The molecule has 6 nitrogen and oxygen atoms in total. The zero-order valence-corrected chi connectivity index (χ0v) is 13.2. The number of carbonyl (C=O) groups excluding carboxylic acids is 1. The summed E-state index contributed by atoms with van der Waals surface area (Å²) in [4.78, 5) is 17.9. The molecule has 1 amide bonds. The van der Waals surface area contributed by atoms with E-state index in [1.54, 1.807) is 12.0 Å². The third kappa shape index (κ3) is 3.10. The summed E-state index contributed by atoms with van der Waals surface area (Å²) in [5.74, 6) is -0.838. The van der Waals surface area contributed by atoms with Crippen molar-refractivity contribution in [2.45, 2.75) is 25.9 Å². The lowest BCUT2D eigenvalue weighted by Crippen LogP contribution is -2.39. The number of aromatic nitrogens is 3. The van der Waals surface area contributed by atoms with Crippen LogP contribution < -0.4 is 0 Å². The van der Waals surface area contributed by atoms with Crippen molar-refractivity contribution in [3.63, 3.8) is 0 Å². The second-order valence-electron chi connectivity index (χ2n) is 5.60. The van der Waals surface area contributed by atoms with E-state index < -0.39 is 5.95 Å². The molecule has 1 atom stereocenters. The molecule has 7 heteroatoms. The van der Waals surface area contributed by atoms with Crippen LogP contribution in [0.1, 0.15) is 34.5 Å². The first kappa shape index (κ1) is 15.6. The summed E-state index contributed by atoms with van der Waals surface area (Å²) < 4.78 is 20.4. The summed E-state index contributed by atoms with van der Waals surface area (Å²) in [7, 11) is 1.63. The van der Waals surface area contributed by atoms with E-state index in [4.69, 9.17) is 4.74 Å². The van der Waals surface area contributed by atoms with Crippen LogP contribution in [0.2, 0.25) is 0 Å². The van der Waals surface area contributed by atoms with Crippen LogP contribution in [-0.4, -0.2) is 45.8 Å². The molecule has 0 saturated carbocycles. The Morgan fingerprint density at radius 1 is 1.52 bits per heavy atom. The van der Waals surface area contributed by atoms with E-state index >= 15 is 0 Å². The molecule has 0 bridgehead atoms. The summed E-state index contributed by atoms with van der Waals surface area (Å²) in [6, 6.07) is 2.69. The highest BCUT2D eigenvalue weighted by Gasteiger charge is 2.31. The maximum Gasteiger partial charge on any atom is 0.254 e. The van der Waals surface area contributed by atoms with Gasteiger partial charge >= 0.3 is 0 Å². The van der Waals surface area contributed by atoms with Crippen LogP contribution in [0, 0.1) is 5.95 Å². The zero-order valence-electron chi connectivity index (χ0n) is 13.2. The molecule has 2 aromatic heterocycles. The van der Waals surface area contributed by atoms with Gasteiger partial charge in [-0.25, -0.2) is 4.98 Å². The molecule has 2 aromatic rings. The Morgan fingerprint density at radius 2 is 2.35 bits per heavy atom. The Morgan fingerprint density at radius 3 is 3.04 bits per heavy atom. The van der Waals surface area contributed by atoms with Gasteiger partial charge in [0, 0.05) is 62.2 Å². The van der Waals surface area contributed by atoms with Gasteiger partial charge in [0.15, 0.2) is 0 Å². The van der Waals surface area contributed by atoms with Crippen molar-refractivity contribution in [3.8, 4) is 0 Å². The van der Waals surface area contributed by atoms with Gasteiger partial charge in [-0.2, -0.15) is 9.49 Å². The van der Waals surface area contributed by atoms with Crippen LogP contribution in [0.25, 0.3) is 0 Å². The summed E-state index contributed by atoms with van der Waals surface area (Å²) in [6.07, 6.45) is 3.27. The number of halogens is 1. The van der Waals surface area contributed by atoms with Gasteiger partial charge in [-0.15, -0.1) is 0 Å². The van der Waals surface area contributed by atoms with Gasteiger partial charge in [0.2, 0.25) is 5.95 Å². The molecular weight excluding hydrogens is 299 g/mol. The summed E-state index contributed by atoms with van der Waals surface area (Å²) in [6.45, 7) is 4.26. The van der Waals surface area contributed by atoms with Crippen molar-refractivity contribution in [3.05, 3.63) is 47.3 Å². The number of aryl methyl sites for hydroxylation is 1. The molecule has 0 radical (unpaired) electrons. The van der Waals surface area contributed by atoms with Crippen LogP contribution in [0.3, 0.4) is 0 Å². The minimum Gasteiger partial charge on any atom is -0.384 e. The molecule has 0 aromatic carbocycles. The second kappa shape index (κ2) is 6.45. The lowest BCUT2D eigenvalue weighted by atomic mass is 9.96. The normalized spacial score (nSPS) is 17.2. The molecule has 23 heavy (non-hydrogen) atoms. The van der Waals surface area contributed by atoms with Crippen LogP contribution in [0.4, 0.5) is 4.39 Å². The number of ether oxygens (including phenoxy) is 1. The van der Waals surface area contributed by atoms with Crippen LogP contribution in [0.15, 0.2) is 24.5 Å². The van der Waals surface area contributed by atoms with E-state index in [1.165, 1.54) is 18.3 Å². The largest absolute Gasteiger partial charge is 0.384 e. The summed E-state index contributed by atoms with van der Waals surface area (Å²) in [5.41, 5.74) is 2.31. The molecule has 0 unspecified atom stereocenters. The number of fused-ring (bicyclic) bond motifs is 1. The van der Waals surface area contributed by atoms with Crippen molar-refractivity contribution in [2.75, 3.05) is 20.3 Å². The molecule has 3 rings (SSSR count). The summed E-state index contributed by atoms with van der Waals surface area (Å²) >= 11 is 0. The van der Waals surface area contributed by atoms with E-state index in [0.29, 0.717) is 25.3 Å². The number of pyridine rings is 1. The van der Waals surface area contributed by atoms with Gasteiger partial charge in [-0.05, 0) is 13.0 Å². The predicted octanol–water partition coefficient (Wildman–Crippen LogP) is 1.82. The molecule has 1 aliphatic rings. The second-order valence-corrected chi connectivity index (χ2v) is 5.60. The van der Waals surface area contributed by atoms with E-state index in [0.717, 1.165) is 17.8 Å². The Labute approximate surface area is 133 Å². The molecule has 122 valence electrons. The van der Waals surface area contributed by atoms with E-state index in [9.17, 15) is 9.18 Å². The number of amides is 1. The maximum absolute atomic E-state index is 13.3. The first-order chi connectivity index (χ1) is 11.1. The Kier molecular flexibility index (Phi) is 4.38. The van der Waals surface area contributed by atoms with Crippen LogP contribution in [-0.2, 0) is 17.8 Å². The molecular formula is C16H19FN4O2. The third-order valence-electron chi connectivity index (χ3n) is 4.01. The number of nitrogens with zero attached hydrogens (tertiary/aromatic N) is 4. The highest BCUT2D eigenvalue weighted by molar-refractivity contribution is 5.94. The Hall–Kier alpha value is -2.28. The fourth-order valence-corrected chi connectivity index (χ4v) is 2.93. The minimum atomic E-state index is -0.652. The smallest absolute Gasteiger partial charge is 0.254 e. The van der Waals surface area contributed by atoms with Crippen molar-refractivity contribution < 1.29 is 13.9 Å². The van der Waals surface area contributed by atoms with Gasteiger partial charge < -0.3 is 9.64 Å². The van der Waals surface area contributed by atoms with Crippen molar-refractivity contribution in [1.82, 2.24) is 19.7 Å². The zero-order chi connectivity index (χ0) is 16.4. The average Bonchev–Trinajstić information content (AvgIpc) is 2.98. The first-order valence-electron chi connectivity index (χ1n) is 7.58. The van der Waals surface area contributed by atoms with Gasteiger partial charge in [0.05, 0.1) is 12.3 Å². The molecule has 3 heterocycles. The highest BCUT2D eigenvalue weighted by atomic mass is 19.1. The molecule has 0 aliphatic carbocycles. The number of hydrogen-bond donors (Lipinski definition) is 0. The Bertz CT molecular complexity index is 716. The molecule has 0 saturated heterocycles. The van der Waals surface area contributed by atoms with Gasteiger partial charge in [0.1, 0.15) is 0 Å². The molecule has 0 fully saturated rings. The number of carbonyl (C=O) groups is 1. The number of hydrogen-bond acceptors (Lipinski definition) is 4. The fraction of sp³-hybridized carbons (Fsp3) is 0.438.